The molecule has 0 aliphatic heterocycles. The molecule has 1 aliphatic carbocycles. The molecule has 3 N–H and O–H groups in total. The zero-order valence-electron chi connectivity index (χ0n) is 14.6. The maximum Gasteiger partial charge on any atom is 0.253 e. The van der Waals surface area contributed by atoms with Crippen LogP contribution in [0.2, 0.25) is 0 Å². The Bertz CT molecular complexity index is 682. The maximum atomic E-state index is 12.2. The van der Waals surface area contributed by atoms with Gasteiger partial charge in [-0.1, -0.05) is 19.3 Å². The van der Waals surface area contributed by atoms with Crippen LogP contribution in [0.15, 0.2) is 23.1 Å². The van der Waals surface area contributed by atoms with E-state index in [1.165, 1.54) is 58.3 Å². The van der Waals surface area contributed by atoms with Crippen LogP contribution in [0.25, 0.3) is 0 Å². The van der Waals surface area contributed by atoms with E-state index in [9.17, 15) is 13.2 Å². The van der Waals surface area contributed by atoms with Gasteiger partial charge in [0.15, 0.2) is 0 Å². The zero-order chi connectivity index (χ0) is 17.7. The number of amides is 1. The van der Waals surface area contributed by atoms with Crippen LogP contribution >= 0.6 is 0 Å². The minimum Gasteiger partial charge on any atom is -0.382 e. The number of carbonyl (C=O) groups excluding carboxylic acids is 1. The van der Waals surface area contributed by atoms with Crippen LogP contribution in [0.1, 0.15) is 49.4 Å². The van der Waals surface area contributed by atoms with Gasteiger partial charge < -0.3 is 10.6 Å². The van der Waals surface area contributed by atoms with E-state index in [4.69, 9.17) is 0 Å². The number of sulfonamides is 1. The molecule has 24 heavy (non-hydrogen) atoms. The van der Waals surface area contributed by atoms with E-state index in [1.807, 2.05) is 0 Å². The topological polar surface area (TPSA) is 87.3 Å². The van der Waals surface area contributed by atoms with Crippen molar-refractivity contribution in [2.24, 2.45) is 5.92 Å². The van der Waals surface area contributed by atoms with Gasteiger partial charge >= 0.3 is 0 Å². The number of rotatable bonds is 6. The molecule has 0 saturated heterocycles. The van der Waals surface area contributed by atoms with Gasteiger partial charge in [-0.05, 0) is 50.9 Å². The molecule has 1 aliphatic rings. The monoisotopic (exact) mass is 353 g/mol. The molecule has 6 nitrogen and oxygen atoms in total. The number of nitrogens with one attached hydrogen (secondary N) is 3. The molecule has 1 amide bonds. The quantitative estimate of drug-likeness (QED) is 0.732. The summed E-state index contributed by atoms with van der Waals surface area (Å²) in [6.45, 7) is 2.13. The van der Waals surface area contributed by atoms with Crippen LogP contribution in [-0.4, -0.2) is 34.5 Å². The van der Waals surface area contributed by atoms with E-state index in [0.29, 0.717) is 17.2 Å². The number of carbonyl (C=O) groups is 1. The van der Waals surface area contributed by atoms with Crippen molar-refractivity contribution in [1.29, 1.82) is 0 Å². The van der Waals surface area contributed by atoms with E-state index in [2.05, 4.69) is 22.3 Å². The Morgan fingerprint density at radius 2 is 1.83 bits per heavy atom. The lowest BCUT2D eigenvalue weighted by molar-refractivity contribution is 0.0963. The summed E-state index contributed by atoms with van der Waals surface area (Å²) in [6, 6.07) is 4.85. The Labute approximate surface area is 144 Å². The zero-order valence-corrected chi connectivity index (χ0v) is 15.4. The van der Waals surface area contributed by atoms with Gasteiger partial charge in [0.1, 0.15) is 0 Å². The SMILES string of the molecule is CNC(=O)c1cc(S(=O)(=O)NC)ccc1N[C@@H](C)C1CCCCC1. The van der Waals surface area contributed by atoms with E-state index < -0.39 is 10.0 Å². The molecule has 0 heterocycles. The molecule has 0 unspecified atom stereocenters. The summed E-state index contributed by atoms with van der Waals surface area (Å²) in [6.07, 6.45) is 6.17. The lowest BCUT2D eigenvalue weighted by Gasteiger charge is -2.29. The highest BCUT2D eigenvalue weighted by Crippen LogP contribution is 2.29. The smallest absolute Gasteiger partial charge is 0.253 e. The minimum absolute atomic E-state index is 0.0828. The van der Waals surface area contributed by atoms with Crippen LogP contribution in [0, 0.1) is 5.92 Å². The van der Waals surface area contributed by atoms with Crippen molar-refractivity contribution in [2.75, 3.05) is 19.4 Å². The standard InChI is InChI=1S/C17H27N3O3S/c1-12(13-7-5-4-6-8-13)20-16-10-9-14(24(22,23)19-3)11-15(16)17(21)18-2/h9-13,19-20H,4-8H2,1-3H3,(H,18,21)/t12-/m0/s1. The van der Waals surface area contributed by atoms with Crippen LogP contribution in [0.3, 0.4) is 0 Å². The highest BCUT2D eigenvalue weighted by atomic mass is 32.2. The van der Waals surface area contributed by atoms with E-state index in [1.54, 1.807) is 6.07 Å². The number of hydrogen-bond acceptors (Lipinski definition) is 4. The molecular formula is C17H27N3O3S. The molecule has 1 saturated carbocycles. The largest absolute Gasteiger partial charge is 0.382 e. The normalized spacial score (nSPS) is 17.3. The van der Waals surface area contributed by atoms with Gasteiger partial charge in [0.05, 0.1) is 10.5 Å². The van der Waals surface area contributed by atoms with Crippen LogP contribution in [0.5, 0.6) is 0 Å². The average molecular weight is 353 g/mol. The van der Waals surface area contributed by atoms with Crippen molar-refractivity contribution in [3.05, 3.63) is 23.8 Å². The predicted molar refractivity (Wildman–Crippen MR) is 95.7 cm³/mol. The number of benzene rings is 1. The summed E-state index contributed by atoms with van der Waals surface area (Å²) in [5, 5.41) is 5.99. The molecule has 2 rings (SSSR count). The summed E-state index contributed by atoms with van der Waals surface area (Å²) >= 11 is 0. The molecule has 0 aromatic heterocycles. The van der Waals surface area contributed by atoms with Crippen molar-refractivity contribution >= 4 is 21.6 Å². The first-order valence-corrected chi connectivity index (χ1v) is 9.93. The summed E-state index contributed by atoms with van der Waals surface area (Å²) in [7, 11) is -0.695. The highest BCUT2D eigenvalue weighted by molar-refractivity contribution is 7.89. The Kier molecular flexibility index (Phi) is 6.23. The second-order valence-corrected chi connectivity index (χ2v) is 8.21. The lowest BCUT2D eigenvalue weighted by Crippen LogP contribution is -2.29. The third-order valence-corrected chi connectivity index (χ3v) is 6.19. The van der Waals surface area contributed by atoms with Crippen molar-refractivity contribution in [1.82, 2.24) is 10.0 Å². The van der Waals surface area contributed by atoms with Gasteiger partial charge in [-0.25, -0.2) is 13.1 Å². The molecule has 1 aromatic rings. The maximum absolute atomic E-state index is 12.2. The van der Waals surface area contributed by atoms with Gasteiger partial charge in [0.2, 0.25) is 10.0 Å². The predicted octanol–water partition coefficient (Wildman–Crippen LogP) is 2.33. The fourth-order valence-corrected chi connectivity index (χ4v) is 4.01. The first-order chi connectivity index (χ1) is 11.4. The Balaban J connectivity index is 2.29. The van der Waals surface area contributed by atoms with E-state index in [-0.39, 0.29) is 16.8 Å². The number of hydrogen-bond donors (Lipinski definition) is 3. The fraction of sp³-hybridized carbons (Fsp3) is 0.588. The van der Waals surface area contributed by atoms with Gasteiger partial charge in [0.25, 0.3) is 5.91 Å². The Morgan fingerprint density at radius 3 is 2.42 bits per heavy atom. The van der Waals surface area contributed by atoms with Crippen molar-refractivity contribution in [3.8, 4) is 0 Å². The lowest BCUT2D eigenvalue weighted by atomic mass is 9.84. The second kappa shape index (κ2) is 7.98. The molecule has 1 aromatic carbocycles. The third kappa shape index (κ3) is 4.27. The third-order valence-electron chi connectivity index (χ3n) is 4.78. The molecular weight excluding hydrogens is 326 g/mol. The summed E-state index contributed by atoms with van der Waals surface area (Å²) in [5.74, 6) is 0.276. The van der Waals surface area contributed by atoms with Gasteiger partial charge in [-0.15, -0.1) is 0 Å². The van der Waals surface area contributed by atoms with Crippen molar-refractivity contribution in [2.45, 2.75) is 50.0 Å². The minimum atomic E-state index is -3.59. The molecule has 0 spiro atoms. The fourth-order valence-electron chi connectivity index (χ4n) is 3.25. The molecule has 1 fully saturated rings. The van der Waals surface area contributed by atoms with E-state index >= 15 is 0 Å². The molecule has 1 atom stereocenters. The molecule has 0 bridgehead atoms. The number of anilines is 1. The first-order valence-electron chi connectivity index (χ1n) is 8.45. The highest BCUT2D eigenvalue weighted by Gasteiger charge is 2.23. The summed E-state index contributed by atoms with van der Waals surface area (Å²) < 4.78 is 26.2. The van der Waals surface area contributed by atoms with Crippen LogP contribution in [-0.2, 0) is 10.0 Å². The summed E-state index contributed by atoms with van der Waals surface area (Å²) in [4.78, 5) is 12.3. The Hall–Kier alpha value is -1.60. The molecule has 0 radical (unpaired) electrons. The van der Waals surface area contributed by atoms with Crippen LogP contribution < -0.4 is 15.4 Å². The van der Waals surface area contributed by atoms with Crippen molar-refractivity contribution < 1.29 is 13.2 Å². The molecule has 7 heteroatoms. The van der Waals surface area contributed by atoms with Gasteiger partial charge in [0, 0.05) is 18.8 Å². The Morgan fingerprint density at radius 1 is 1.17 bits per heavy atom. The first kappa shape index (κ1) is 18.7. The van der Waals surface area contributed by atoms with E-state index in [0.717, 1.165) is 0 Å². The van der Waals surface area contributed by atoms with Gasteiger partial charge in [-0.2, -0.15) is 0 Å². The molecule has 134 valence electrons. The second-order valence-electron chi connectivity index (χ2n) is 6.33. The average Bonchev–Trinajstić information content (AvgIpc) is 2.61. The van der Waals surface area contributed by atoms with Crippen LogP contribution in [0.4, 0.5) is 5.69 Å². The van der Waals surface area contributed by atoms with Gasteiger partial charge in [-0.3, -0.25) is 4.79 Å². The van der Waals surface area contributed by atoms with Crippen molar-refractivity contribution in [3.63, 3.8) is 0 Å². The summed E-state index contributed by atoms with van der Waals surface area (Å²) in [5.41, 5.74) is 1.01.